The van der Waals surface area contributed by atoms with Gasteiger partial charge < -0.3 is 18.9 Å². The van der Waals surface area contributed by atoms with Crippen LogP contribution < -0.4 is 11.2 Å². The van der Waals surface area contributed by atoms with Crippen LogP contribution in [0.4, 0.5) is 0 Å². The molecule has 184 valence electrons. The molecule has 3 aromatic rings. The predicted molar refractivity (Wildman–Crippen MR) is 131 cm³/mol. The van der Waals surface area contributed by atoms with E-state index in [1.165, 1.54) is 17.9 Å². The number of hydrogen-bond acceptors (Lipinski definition) is 6. The van der Waals surface area contributed by atoms with Crippen LogP contribution in [0.3, 0.4) is 0 Å². The maximum atomic E-state index is 12.7. The molecule has 35 heavy (non-hydrogen) atoms. The second-order valence-corrected chi connectivity index (χ2v) is 8.54. The summed E-state index contributed by atoms with van der Waals surface area (Å²) in [6.45, 7) is 6.43. The van der Waals surface area contributed by atoms with E-state index < -0.39 is 35.3 Å². The van der Waals surface area contributed by atoms with Crippen LogP contribution in [0.5, 0.6) is 0 Å². The first-order valence-corrected chi connectivity index (χ1v) is 11.4. The smallest absolute Gasteiger partial charge is 0.330 e. The lowest BCUT2D eigenvalue weighted by molar-refractivity contribution is -0.130. The number of aromatic amines is 1. The summed E-state index contributed by atoms with van der Waals surface area (Å²) in [6.07, 6.45) is 0.909. The molecular weight excluding hydrogens is 448 g/mol. The fraction of sp³-hybridized carbons (Fsp3) is 0.333. The largest absolute Gasteiger partial charge is 0.374 e. The van der Waals surface area contributed by atoms with Gasteiger partial charge in [0.2, 0.25) is 0 Å². The van der Waals surface area contributed by atoms with Crippen molar-refractivity contribution in [2.75, 3.05) is 13.7 Å². The lowest BCUT2D eigenvalue weighted by Gasteiger charge is -2.32. The van der Waals surface area contributed by atoms with Crippen LogP contribution in [0.1, 0.15) is 22.9 Å². The Balaban J connectivity index is 1.65. The molecular formula is C27H30N2O6. The molecule has 3 unspecified atom stereocenters. The summed E-state index contributed by atoms with van der Waals surface area (Å²) in [5, 5.41) is 0. The Kier molecular flexibility index (Phi) is 7.77. The average Bonchev–Trinajstić information content (AvgIpc) is 3.19. The normalized spacial score (nSPS) is 23.9. The van der Waals surface area contributed by atoms with Gasteiger partial charge in [-0.05, 0) is 18.1 Å². The monoisotopic (exact) mass is 478 g/mol. The van der Waals surface area contributed by atoms with Gasteiger partial charge in [-0.25, -0.2) is 4.79 Å². The fourth-order valence-corrected chi connectivity index (χ4v) is 4.25. The van der Waals surface area contributed by atoms with Gasteiger partial charge in [-0.3, -0.25) is 14.3 Å². The number of nitrogens with zero attached hydrogens (tertiary/aromatic N) is 1. The average molecular weight is 479 g/mol. The first-order chi connectivity index (χ1) is 17.0. The molecule has 8 heteroatoms. The number of ether oxygens (including phenoxy) is 4. The molecule has 0 bridgehead atoms. The number of hydrogen-bond donors (Lipinski definition) is 1. The fourth-order valence-electron chi connectivity index (χ4n) is 4.25. The molecule has 0 saturated carbocycles. The second-order valence-electron chi connectivity index (χ2n) is 8.54. The summed E-state index contributed by atoms with van der Waals surface area (Å²) in [5.74, 6) is 0. The van der Waals surface area contributed by atoms with Gasteiger partial charge >= 0.3 is 5.69 Å². The van der Waals surface area contributed by atoms with Crippen molar-refractivity contribution in [3.05, 3.63) is 117 Å². The van der Waals surface area contributed by atoms with Gasteiger partial charge in [0.15, 0.2) is 6.23 Å². The number of aromatic nitrogens is 2. The Morgan fingerprint density at radius 2 is 1.69 bits per heavy atom. The number of H-pyrrole nitrogens is 1. The van der Waals surface area contributed by atoms with E-state index in [2.05, 4.69) is 11.6 Å². The van der Waals surface area contributed by atoms with E-state index in [1.54, 1.807) is 13.0 Å². The van der Waals surface area contributed by atoms with Gasteiger partial charge in [-0.2, -0.15) is 0 Å². The number of benzene rings is 2. The van der Waals surface area contributed by atoms with E-state index in [0.717, 1.165) is 11.1 Å². The summed E-state index contributed by atoms with van der Waals surface area (Å²) in [4.78, 5) is 27.0. The number of methoxy groups -OCH3 is 1. The van der Waals surface area contributed by atoms with Gasteiger partial charge in [0, 0.05) is 18.9 Å². The quantitative estimate of drug-likeness (QED) is 0.450. The zero-order chi connectivity index (χ0) is 24.8. The van der Waals surface area contributed by atoms with Crippen molar-refractivity contribution in [2.45, 2.75) is 44.2 Å². The zero-order valence-corrected chi connectivity index (χ0v) is 19.9. The molecule has 1 saturated heterocycles. The highest BCUT2D eigenvalue weighted by atomic mass is 16.6. The molecule has 1 fully saturated rings. The van der Waals surface area contributed by atoms with Crippen molar-refractivity contribution in [3.8, 4) is 0 Å². The molecule has 2 heterocycles. The van der Waals surface area contributed by atoms with Gasteiger partial charge in [-0.15, -0.1) is 6.58 Å². The molecule has 0 radical (unpaired) electrons. The third kappa shape index (κ3) is 5.36. The molecule has 0 aliphatic carbocycles. The molecule has 4 atom stereocenters. The Morgan fingerprint density at radius 3 is 2.29 bits per heavy atom. The molecule has 8 nitrogen and oxygen atoms in total. The summed E-state index contributed by atoms with van der Waals surface area (Å²) in [7, 11) is 1.54. The maximum Gasteiger partial charge on any atom is 0.330 e. The van der Waals surface area contributed by atoms with E-state index in [0.29, 0.717) is 18.8 Å². The highest BCUT2D eigenvalue weighted by molar-refractivity contribution is 5.17. The van der Waals surface area contributed by atoms with Gasteiger partial charge in [0.25, 0.3) is 5.56 Å². The van der Waals surface area contributed by atoms with Gasteiger partial charge in [0.1, 0.15) is 17.8 Å². The Bertz CT molecular complexity index is 1240. The van der Waals surface area contributed by atoms with Crippen LogP contribution in [0.2, 0.25) is 0 Å². The van der Waals surface area contributed by atoms with Crippen molar-refractivity contribution >= 4 is 0 Å². The van der Waals surface area contributed by atoms with Crippen molar-refractivity contribution < 1.29 is 18.9 Å². The number of nitrogens with one attached hydrogen (secondary N) is 1. The summed E-state index contributed by atoms with van der Waals surface area (Å²) < 4.78 is 26.0. The van der Waals surface area contributed by atoms with Gasteiger partial charge in [0.05, 0.1) is 19.8 Å². The summed E-state index contributed by atoms with van der Waals surface area (Å²) in [5.41, 5.74) is 0.208. The topological polar surface area (TPSA) is 91.8 Å². The molecule has 1 aliphatic rings. The summed E-state index contributed by atoms with van der Waals surface area (Å²) in [6, 6.07) is 19.5. The molecule has 1 aromatic heterocycles. The third-order valence-corrected chi connectivity index (χ3v) is 6.15. The Hall–Kier alpha value is -3.30. The van der Waals surface area contributed by atoms with Crippen molar-refractivity contribution in [2.24, 2.45) is 0 Å². The molecule has 1 N–H and O–H groups in total. The lowest BCUT2D eigenvalue weighted by Crippen LogP contribution is -2.47. The maximum absolute atomic E-state index is 12.7. The van der Waals surface area contributed by atoms with E-state index in [4.69, 9.17) is 18.9 Å². The van der Waals surface area contributed by atoms with Crippen molar-refractivity contribution in [1.82, 2.24) is 9.55 Å². The van der Waals surface area contributed by atoms with Crippen LogP contribution in [0, 0.1) is 6.92 Å². The first-order valence-electron chi connectivity index (χ1n) is 11.4. The standard InChI is InChI=1S/C27H30N2O6/c1-4-27(18-33-16-20-11-7-5-8-12-20)23(34-17-21-13-9-6-10-14-21)22(32-3)25(35-27)29-15-19(2)24(30)28-26(29)31/h4-15,22-23,25H,1,16-18H2,2-3H3,(H,28,30,31)/t22?,23?,25?,27-/m0/s1. The predicted octanol–water partition coefficient (Wildman–Crippen LogP) is 3.12. The van der Waals surface area contributed by atoms with Crippen molar-refractivity contribution in [3.63, 3.8) is 0 Å². The van der Waals surface area contributed by atoms with E-state index >= 15 is 0 Å². The molecule has 0 amide bonds. The Labute approximate surface area is 203 Å². The van der Waals surface area contributed by atoms with Crippen LogP contribution in [0.25, 0.3) is 0 Å². The van der Waals surface area contributed by atoms with E-state index in [-0.39, 0.29) is 6.61 Å². The van der Waals surface area contributed by atoms with E-state index in [9.17, 15) is 9.59 Å². The Morgan fingerprint density at radius 1 is 1.06 bits per heavy atom. The van der Waals surface area contributed by atoms with Crippen LogP contribution in [-0.2, 0) is 32.2 Å². The highest BCUT2D eigenvalue weighted by Gasteiger charge is 2.56. The second kappa shape index (κ2) is 11.0. The SMILES string of the molecule is C=C[C@@]1(COCc2ccccc2)OC(n2cc(C)c(=O)[nH]c2=O)C(OC)C1OCc1ccccc1. The van der Waals surface area contributed by atoms with E-state index in [1.807, 2.05) is 60.7 Å². The molecule has 2 aromatic carbocycles. The van der Waals surface area contributed by atoms with Gasteiger partial charge in [-0.1, -0.05) is 66.7 Å². The minimum atomic E-state index is -1.11. The lowest BCUT2D eigenvalue weighted by atomic mass is 9.95. The van der Waals surface area contributed by atoms with Crippen LogP contribution >= 0.6 is 0 Å². The molecule has 4 rings (SSSR count). The zero-order valence-electron chi connectivity index (χ0n) is 19.9. The highest BCUT2D eigenvalue weighted by Crippen LogP contribution is 2.41. The molecule has 1 aliphatic heterocycles. The first kappa shape index (κ1) is 24.8. The van der Waals surface area contributed by atoms with Crippen molar-refractivity contribution in [1.29, 1.82) is 0 Å². The number of aryl methyl sites for hydroxylation is 1. The third-order valence-electron chi connectivity index (χ3n) is 6.15. The minimum Gasteiger partial charge on any atom is -0.374 e. The van der Waals surface area contributed by atoms with Crippen LogP contribution in [-0.4, -0.2) is 41.1 Å². The molecule has 0 spiro atoms. The summed E-state index contributed by atoms with van der Waals surface area (Å²) >= 11 is 0. The minimum absolute atomic E-state index is 0.123. The van der Waals surface area contributed by atoms with Crippen LogP contribution in [0.15, 0.2) is 89.1 Å². The number of rotatable bonds is 10.